The summed E-state index contributed by atoms with van der Waals surface area (Å²) in [6.45, 7) is 3.58. The highest BCUT2D eigenvalue weighted by Gasteiger charge is 2.35. The molecule has 3 heterocycles. The van der Waals surface area contributed by atoms with Crippen LogP contribution >= 0.6 is 0 Å². The summed E-state index contributed by atoms with van der Waals surface area (Å²) in [7, 11) is -3.95. The summed E-state index contributed by atoms with van der Waals surface area (Å²) in [5.74, 6) is -1.42. The number of sulfonamides is 1. The third kappa shape index (κ3) is 6.37. The second-order valence-corrected chi connectivity index (χ2v) is 11.5. The van der Waals surface area contributed by atoms with E-state index >= 15 is 0 Å². The molecule has 11 nitrogen and oxygen atoms in total. The van der Waals surface area contributed by atoms with Gasteiger partial charge in [0.2, 0.25) is 5.91 Å². The van der Waals surface area contributed by atoms with E-state index in [4.69, 9.17) is 0 Å². The van der Waals surface area contributed by atoms with Gasteiger partial charge in [0.05, 0.1) is 29.8 Å². The molecule has 0 bridgehead atoms. The number of pyridine rings is 1. The summed E-state index contributed by atoms with van der Waals surface area (Å²) in [4.78, 5) is 51.7. The molecule has 2 N–H and O–H groups in total. The number of aromatic nitrogens is 3. The molecule has 38 heavy (non-hydrogen) atoms. The second-order valence-electron chi connectivity index (χ2n) is 9.58. The molecule has 1 saturated heterocycles. The lowest BCUT2D eigenvalue weighted by Gasteiger charge is -2.23. The Bertz CT molecular complexity index is 1430. The fourth-order valence-electron chi connectivity index (χ4n) is 4.26. The molecule has 1 fully saturated rings. The Labute approximate surface area is 221 Å². The van der Waals surface area contributed by atoms with Gasteiger partial charge in [-0.25, -0.2) is 18.4 Å². The molecular weight excluding hydrogens is 508 g/mol. The average Bonchev–Trinajstić information content (AvgIpc) is 3.09. The van der Waals surface area contributed by atoms with Crippen molar-refractivity contribution < 1.29 is 22.8 Å². The number of carbonyl (C=O) groups excluding carboxylic acids is 3. The molecular formula is C26H30N6O5S. The highest BCUT2D eigenvalue weighted by Crippen LogP contribution is 2.18. The van der Waals surface area contributed by atoms with Crippen molar-refractivity contribution in [1.29, 1.82) is 0 Å². The molecule has 1 aromatic carbocycles. The smallest absolute Gasteiger partial charge is 0.272 e. The highest BCUT2D eigenvalue weighted by atomic mass is 32.2. The van der Waals surface area contributed by atoms with Crippen LogP contribution in [-0.2, 0) is 19.6 Å². The molecule has 0 unspecified atom stereocenters. The Balaban J connectivity index is 1.44. The fraction of sp³-hybridized carbons (Fsp3) is 0.385. The van der Waals surface area contributed by atoms with Crippen molar-refractivity contribution in [3.63, 3.8) is 0 Å². The third-order valence-corrected chi connectivity index (χ3v) is 7.95. The first-order valence-corrected chi connectivity index (χ1v) is 13.9. The summed E-state index contributed by atoms with van der Waals surface area (Å²) >= 11 is 0. The van der Waals surface area contributed by atoms with Crippen LogP contribution in [0.4, 0.5) is 0 Å². The Morgan fingerprint density at radius 3 is 2.53 bits per heavy atom. The van der Waals surface area contributed by atoms with Crippen LogP contribution < -0.4 is 10.6 Å². The number of rotatable bonds is 8. The first-order chi connectivity index (χ1) is 18.1. The minimum absolute atomic E-state index is 0.0672. The standard InChI is InChI=1S/C26H30N6O5S/c1-17(2)14-21(31-26(35)22-15-28-18-8-3-4-9-19(18)29-22)25(34)30-20-10-7-13-32(16-23(20)33)38(36,37)24-11-5-6-12-27-24/h3-6,8-9,11-12,15,17,20-21H,7,10,13-14,16H2,1-2H3,(H,30,34)(H,31,35)/t20-,21-/m1/s1. The predicted octanol–water partition coefficient (Wildman–Crippen LogP) is 1.71. The van der Waals surface area contributed by atoms with Crippen molar-refractivity contribution in [1.82, 2.24) is 29.9 Å². The number of amides is 2. The first kappa shape index (κ1) is 27.3. The zero-order valence-electron chi connectivity index (χ0n) is 21.2. The molecule has 2 amide bonds. The molecule has 0 spiro atoms. The number of nitrogens with one attached hydrogen (secondary N) is 2. The van der Waals surface area contributed by atoms with Crippen LogP contribution in [0.15, 0.2) is 59.9 Å². The van der Waals surface area contributed by atoms with Gasteiger partial charge in [-0.05, 0) is 49.4 Å². The van der Waals surface area contributed by atoms with Gasteiger partial charge < -0.3 is 10.6 Å². The zero-order valence-corrected chi connectivity index (χ0v) is 22.0. The maximum Gasteiger partial charge on any atom is 0.272 e. The van der Waals surface area contributed by atoms with E-state index in [-0.39, 0.29) is 36.1 Å². The third-order valence-electron chi connectivity index (χ3n) is 6.19. The fourth-order valence-corrected chi connectivity index (χ4v) is 5.64. The Morgan fingerprint density at radius 2 is 1.82 bits per heavy atom. The molecule has 0 aliphatic carbocycles. The quantitative estimate of drug-likeness (QED) is 0.440. The topological polar surface area (TPSA) is 151 Å². The van der Waals surface area contributed by atoms with Crippen molar-refractivity contribution >= 4 is 38.7 Å². The predicted molar refractivity (Wildman–Crippen MR) is 139 cm³/mol. The van der Waals surface area contributed by atoms with Crippen LogP contribution in [0.25, 0.3) is 11.0 Å². The minimum Gasteiger partial charge on any atom is -0.344 e. The van der Waals surface area contributed by atoms with Gasteiger partial charge in [-0.3, -0.25) is 19.4 Å². The second kappa shape index (κ2) is 11.7. The number of nitrogens with zero attached hydrogens (tertiary/aromatic N) is 4. The number of fused-ring (bicyclic) bond motifs is 1. The van der Waals surface area contributed by atoms with Crippen molar-refractivity contribution in [3.05, 3.63) is 60.6 Å². The number of carbonyl (C=O) groups is 3. The van der Waals surface area contributed by atoms with E-state index < -0.39 is 39.7 Å². The summed E-state index contributed by atoms with van der Waals surface area (Å²) in [5, 5.41) is 5.33. The number of para-hydroxylation sites is 2. The summed E-state index contributed by atoms with van der Waals surface area (Å²) in [5.41, 5.74) is 1.27. The number of benzene rings is 1. The van der Waals surface area contributed by atoms with Gasteiger partial charge in [-0.15, -0.1) is 0 Å². The Kier molecular flexibility index (Phi) is 8.42. The molecule has 2 aromatic heterocycles. The van der Waals surface area contributed by atoms with Crippen LogP contribution in [0.5, 0.6) is 0 Å². The summed E-state index contributed by atoms with van der Waals surface area (Å²) in [6, 6.07) is 9.90. The number of hydrogen-bond donors (Lipinski definition) is 2. The SMILES string of the molecule is CC(C)C[C@@H](NC(=O)c1cnc2ccccc2n1)C(=O)N[C@@H]1CCCN(S(=O)(=O)c2ccccn2)CC1=O. The summed E-state index contributed by atoms with van der Waals surface area (Å²) in [6.07, 6.45) is 3.71. The van der Waals surface area contributed by atoms with Gasteiger partial charge in [-0.2, -0.15) is 4.31 Å². The van der Waals surface area contributed by atoms with E-state index in [1.54, 1.807) is 30.3 Å². The van der Waals surface area contributed by atoms with Crippen LogP contribution in [-0.4, -0.2) is 70.4 Å². The average molecular weight is 539 g/mol. The van der Waals surface area contributed by atoms with Crippen molar-refractivity contribution in [3.8, 4) is 0 Å². The first-order valence-electron chi connectivity index (χ1n) is 12.4. The normalized spacial score (nSPS) is 17.7. The van der Waals surface area contributed by atoms with Crippen LogP contribution in [0.3, 0.4) is 0 Å². The van der Waals surface area contributed by atoms with E-state index in [2.05, 4.69) is 25.6 Å². The summed E-state index contributed by atoms with van der Waals surface area (Å²) < 4.78 is 27.0. The lowest BCUT2D eigenvalue weighted by Crippen LogP contribution is -2.52. The van der Waals surface area contributed by atoms with E-state index in [1.165, 1.54) is 18.5 Å². The largest absolute Gasteiger partial charge is 0.344 e. The Hall–Kier alpha value is -3.77. The Morgan fingerprint density at radius 1 is 1.08 bits per heavy atom. The van der Waals surface area contributed by atoms with Crippen molar-refractivity contribution in [2.75, 3.05) is 13.1 Å². The van der Waals surface area contributed by atoms with Gasteiger partial charge in [0.25, 0.3) is 15.9 Å². The van der Waals surface area contributed by atoms with Crippen molar-refractivity contribution in [2.45, 2.75) is 50.2 Å². The number of Topliss-reactive ketones (excluding diaryl/α,β-unsaturated/α-hetero) is 1. The number of hydrogen-bond acceptors (Lipinski definition) is 8. The van der Waals surface area contributed by atoms with Crippen LogP contribution in [0.2, 0.25) is 0 Å². The van der Waals surface area contributed by atoms with Gasteiger partial charge in [-0.1, -0.05) is 32.0 Å². The maximum absolute atomic E-state index is 13.2. The molecule has 2 atom stereocenters. The molecule has 0 saturated carbocycles. The highest BCUT2D eigenvalue weighted by molar-refractivity contribution is 7.89. The van der Waals surface area contributed by atoms with E-state index in [9.17, 15) is 22.8 Å². The van der Waals surface area contributed by atoms with Gasteiger partial charge in [0, 0.05) is 12.7 Å². The molecule has 4 rings (SSSR count). The maximum atomic E-state index is 13.2. The van der Waals surface area contributed by atoms with Gasteiger partial charge >= 0.3 is 0 Å². The van der Waals surface area contributed by atoms with Gasteiger partial charge in [0.1, 0.15) is 11.7 Å². The van der Waals surface area contributed by atoms with Crippen LogP contribution in [0, 0.1) is 5.92 Å². The lowest BCUT2D eigenvalue weighted by molar-refractivity contribution is -0.129. The monoisotopic (exact) mass is 538 g/mol. The molecule has 3 aromatic rings. The lowest BCUT2D eigenvalue weighted by atomic mass is 10.0. The van der Waals surface area contributed by atoms with Crippen molar-refractivity contribution in [2.24, 2.45) is 5.92 Å². The molecule has 1 aliphatic heterocycles. The van der Waals surface area contributed by atoms with Crippen LogP contribution in [0.1, 0.15) is 43.6 Å². The van der Waals surface area contributed by atoms with E-state index in [0.717, 1.165) is 4.31 Å². The van der Waals surface area contributed by atoms with E-state index in [1.807, 2.05) is 19.9 Å². The molecule has 12 heteroatoms. The minimum atomic E-state index is -3.95. The van der Waals surface area contributed by atoms with E-state index in [0.29, 0.717) is 23.9 Å². The molecule has 0 radical (unpaired) electrons. The van der Waals surface area contributed by atoms with Gasteiger partial charge in [0.15, 0.2) is 10.8 Å². The molecule has 200 valence electrons. The zero-order chi connectivity index (χ0) is 27.3. The molecule has 1 aliphatic rings. The number of ketones is 1.